The van der Waals surface area contributed by atoms with E-state index in [2.05, 4.69) is 17.3 Å². The van der Waals surface area contributed by atoms with Crippen LogP contribution < -0.4 is 11.1 Å². The molecule has 2 aliphatic rings. The summed E-state index contributed by atoms with van der Waals surface area (Å²) in [5.74, 6) is 2.06. The minimum Gasteiger partial charge on any atom is -0.330 e. The second-order valence-electron chi connectivity index (χ2n) is 9.54. The van der Waals surface area contributed by atoms with Gasteiger partial charge in [-0.1, -0.05) is 64.2 Å². The van der Waals surface area contributed by atoms with E-state index in [-0.39, 0.29) is 0 Å². The van der Waals surface area contributed by atoms with Crippen LogP contribution in [0.1, 0.15) is 103 Å². The zero-order valence-corrected chi connectivity index (χ0v) is 18.4. The summed E-state index contributed by atoms with van der Waals surface area (Å²) in [7, 11) is 2.40. The molecule has 0 aliphatic heterocycles. The lowest BCUT2D eigenvalue weighted by atomic mass is 9.82. The van der Waals surface area contributed by atoms with Gasteiger partial charge in [0.15, 0.2) is 0 Å². The maximum atomic E-state index is 5.57. The maximum Gasteiger partial charge on any atom is 0.00924 e. The summed E-state index contributed by atoms with van der Waals surface area (Å²) in [6, 6.07) is 0.817. The van der Waals surface area contributed by atoms with E-state index in [0.717, 1.165) is 43.9 Å². The standard InChI is InChI=1S/C24H49N3/c1-27(21-9-20-26-19-8-18-25)24(16-14-22-10-4-2-5-11-22)17-15-23-12-6-3-7-13-23/h22-24,26H,2-21,25H2,1H3. The quantitative estimate of drug-likeness (QED) is 0.400. The van der Waals surface area contributed by atoms with Gasteiger partial charge in [-0.25, -0.2) is 0 Å². The van der Waals surface area contributed by atoms with Gasteiger partial charge in [0.25, 0.3) is 0 Å². The third kappa shape index (κ3) is 10.3. The van der Waals surface area contributed by atoms with Crippen LogP contribution in [0.2, 0.25) is 0 Å². The Morgan fingerprint density at radius 2 is 1.33 bits per heavy atom. The van der Waals surface area contributed by atoms with Gasteiger partial charge in [-0.3, -0.25) is 0 Å². The zero-order valence-electron chi connectivity index (χ0n) is 18.4. The maximum absolute atomic E-state index is 5.57. The van der Waals surface area contributed by atoms with Crippen molar-refractivity contribution in [3.63, 3.8) is 0 Å². The van der Waals surface area contributed by atoms with Crippen molar-refractivity contribution in [2.75, 3.05) is 33.2 Å². The van der Waals surface area contributed by atoms with Gasteiger partial charge in [-0.2, -0.15) is 0 Å². The van der Waals surface area contributed by atoms with Crippen LogP contribution in [0.3, 0.4) is 0 Å². The summed E-state index contributed by atoms with van der Waals surface area (Å²) < 4.78 is 0. The van der Waals surface area contributed by atoms with E-state index in [4.69, 9.17) is 5.73 Å². The molecule has 160 valence electrons. The summed E-state index contributed by atoms with van der Waals surface area (Å²) in [6.45, 7) is 4.27. The Morgan fingerprint density at radius 3 is 1.85 bits per heavy atom. The summed E-state index contributed by atoms with van der Waals surface area (Å²) in [5.41, 5.74) is 5.57. The second-order valence-corrected chi connectivity index (χ2v) is 9.54. The lowest BCUT2D eigenvalue weighted by molar-refractivity contribution is 0.181. The second kappa shape index (κ2) is 14.8. The van der Waals surface area contributed by atoms with E-state index in [1.54, 1.807) is 0 Å². The Morgan fingerprint density at radius 1 is 0.815 bits per heavy atom. The van der Waals surface area contributed by atoms with Gasteiger partial charge in [-0.05, 0) is 83.6 Å². The molecule has 3 N–H and O–H groups in total. The van der Waals surface area contributed by atoms with Crippen molar-refractivity contribution in [1.29, 1.82) is 0 Å². The molecule has 2 fully saturated rings. The van der Waals surface area contributed by atoms with Crippen LogP contribution in [0.25, 0.3) is 0 Å². The van der Waals surface area contributed by atoms with E-state index in [0.29, 0.717) is 0 Å². The van der Waals surface area contributed by atoms with Crippen molar-refractivity contribution < 1.29 is 0 Å². The monoisotopic (exact) mass is 379 g/mol. The van der Waals surface area contributed by atoms with Crippen LogP contribution in [0.4, 0.5) is 0 Å². The lowest BCUT2D eigenvalue weighted by Gasteiger charge is -2.32. The number of rotatable bonds is 14. The molecule has 0 saturated heterocycles. The highest BCUT2D eigenvalue weighted by Gasteiger charge is 2.21. The predicted molar refractivity (Wildman–Crippen MR) is 119 cm³/mol. The van der Waals surface area contributed by atoms with Crippen LogP contribution >= 0.6 is 0 Å². The lowest BCUT2D eigenvalue weighted by Crippen LogP contribution is -2.35. The molecule has 0 atom stereocenters. The molecule has 2 rings (SSSR count). The molecule has 0 aromatic carbocycles. The van der Waals surface area contributed by atoms with Crippen molar-refractivity contribution in [3.05, 3.63) is 0 Å². The molecule has 27 heavy (non-hydrogen) atoms. The Hall–Kier alpha value is -0.120. The van der Waals surface area contributed by atoms with E-state index < -0.39 is 0 Å². The van der Waals surface area contributed by atoms with Crippen molar-refractivity contribution in [2.24, 2.45) is 17.6 Å². The summed E-state index contributed by atoms with van der Waals surface area (Å²) >= 11 is 0. The molecule has 0 unspecified atom stereocenters. The van der Waals surface area contributed by atoms with Gasteiger partial charge in [0.05, 0.1) is 0 Å². The van der Waals surface area contributed by atoms with Gasteiger partial charge < -0.3 is 16.0 Å². The van der Waals surface area contributed by atoms with Gasteiger partial charge in [0.2, 0.25) is 0 Å². The average molecular weight is 380 g/mol. The van der Waals surface area contributed by atoms with Crippen LogP contribution in [-0.2, 0) is 0 Å². The zero-order chi connectivity index (χ0) is 19.2. The molecule has 3 heteroatoms. The average Bonchev–Trinajstić information content (AvgIpc) is 2.72. The van der Waals surface area contributed by atoms with E-state index in [1.807, 2.05) is 0 Å². The molecule has 2 aliphatic carbocycles. The smallest absolute Gasteiger partial charge is 0.00924 e. The van der Waals surface area contributed by atoms with Crippen molar-refractivity contribution in [2.45, 2.75) is 109 Å². The molecule has 0 radical (unpaired) electrons. The third-order valence-electron chi connectivity index (χ3n) is 7.31. The number of nitrogens with zero attached hydrogens (tertiary/aromatic N) is 1. The van der Waals surface area contributed by atoms with Crippen LogP contribution in [0, 0.1) is 11.8 Å². The molecule has 0 aromatic heterocycles. The fraction of sp³-hybridized carbons (Fsp3) is 1.00. The van der Waals surface area contributed by atoms with Gasteiger partial charge in [0, 0.05) is 6.04 Å². The highest BCUT2D eigenvalue weighted by atomic mass is 15.1. The minimum atomic E-state index is 0.803. The minimum absolute atomic E-state index is 0.803. The molecule has 0 bridgehead atoms. The Bertz CT molecular complexity index is 313. The summed E-state index contributed by atoms with van der Waals surface area (Å²) in [5, 5.41) is 3.54. The van der Waals surface area contributed by atoms with Gasteiger partial charge >= 0.3 is 0 Å². The SMILES string of the molecule is CN(CCCNCCCN)C(CCC1CCCCC1)CCC1CCCCC1. The third-order valence-corrected chi connectivity index (χ3v) is 7.31. The van der Waals surface area contributed by atoms with Crippen LogP contribution in [0.15, 0.2) is 0 Å². The number of hydrogen-bond acceptors (Lipinski definition) is 3. The highest BCUT2D eigenvalue weighted by Crippen LogP contribution is 2.31. The fourth-order valence-electron chi connectivity index (χ4n) is 5.38. The Balaban J connectivity index is 1.70. The van der Waals surface area contributed by atoms with Crippen molar-refractivity contribution in [3.8, 4) is 0 Å². The molecule has 3 nitrogen and oxygen atoms in total. The first-order chi connectivity index (χ1) is 13.3. The summed E-state index contributed by atoms with van der Waals surface area (Å²) in [6.07, 6.45) is 23.1. The van der Waals surface area contributed by atoms with Crippen LogP contribution in [-0.4, -0.2) is 44.2 Å². The molecular formula is C24H49N3. The first-order valence-electron chi connectivity index (χ1n) is 12.4. The molecule has 0 aromatic rings. The van der Waals surface area contributed by atoms with E-state index >= 15 is 0 Å². The first kappa shape index (κ1) is 23.2. The number of hydrogen-bond donors (Lipinski definition) is 2. The molecule has 2 saturated carbocycles. The van der Waals surface area contributed by atoms with Gasteiger partial charge in [0.1, 0.15) is 0 Å². The van der Waals surface area contributed by atoms with E-state index in [9.17, 15) is 0 Å². The van der Waals surface area contributed by atoms with Crippen molar-refractivity contribution in [1.82, 2.24) is 10.2 Å². The Kier molecular flexibility index (Phi) is 12.7. The molecule has 0 heterocycles. The Labute approximate surface area is 170 Å². The number of nitrogens with one attached hydrogen (secondary N) is 1. The fourth-order valence-corrected chi connectivity index (χ4v) is 5.38. The largest absolute Gasteiger partial charge is 0.330 e. The van der Waals surface area contributed by atoms with Crippen LogP contribution in [0.5, 0.6) is 0 Å². The molecular weight excluding hydrogens is 330 g/mol. The van der Waals surface area contributed by atoms with Gasteiger partial charge in [-0.15, -0.1) is 0 Å². The van der Waals surface area contributed by atoms with E-state index in [1.165, 1.54) is 103 Å². The first-order valence-corrected chi connectivity index (χ1v) is 12.4. The topological polar surface area (TPSA) is 41.3 Å². The number of nitrogens with two attached hydrogens (primary N) is 1. The summed E-state index contributed by atoms with van der Waals surface area (Å²) in [4.78, 5) is 2.70. The highest BCUT2D eigenvalue weighted by molar-refractivity contribution is 4.76. The predicted octanol–water partition coefficient (Wildman–Crippen LogP) is 5.34. The molecule has 0 spiro atoms. The molecule has 0 amide bonds. The van der Waals surface area contributed by atoms with Crippen molar-refractivity contribution >= 4 is 0 Å². The normalized spacial score (nSPS) is 20.0.